The molecular weight excluding hydrogens is 242 g/mol. The van der Waals surface area contributed by atoms with Gasteiger partial charge in [0.1, 0.15) is 12.4 Å². The van der Waals surface area contributed by atoms with Crippen LogP contribution in [0.3, 0.4) is 0 Å². The zero-order valence-electron chi connectivity index (χ0n) is 11.8. The van der Waals surface area contributed by atoms with Gasteiger partial charge in [0.2, 0.25) is 0 Å². The van der Waals surface area contributed by atoms with Gasteiger partial charge in [0.15, 0.2) is 0 Å². The molecule has 0 aliphatic carbocycles. The average molecular weight is 265 g/mol. The van der Waals surface area contributed by atoms with E-state index < -0.39 is 0 Å². The van der Waals surface area contributed by atoms with E-state index in [1.54, 1.807) is 7.11 Å². The summed E-state index contributed by atoms with van der Waals surface area (Å²) in [6.07, 6.45) is 2.63. The van der Waals surface area contributed by atoms with E-state index in [1.807, 2.05) is 24.3 Å². The Morgan fingerprint density at radius 3 is 2.58 bits per heavy atom. The van der Waals surface area contributed by atoms with Crippen molar-refractivity contribution in [2.75, 3.05) is 26.8 Å². The van der Waals surface area contributed by atoms with E-state index in [0.29, 0.717) is 19.6 Å². The smallest absolute Gasteiger partial charge is 0.310 e. The molecule has 0 saturated carbocycles. The molecule has 0 aromatic heterocycles. The van der Waals surface area contributed by atoms with Gasteiger partial charge in [-0.3, -0.25) is 4.79 Å². The van der Waals surface area contributed by atoms with Crippen molar-refractivity contribution in [3.63, 3.8) is 0 Å². The van der Waals surface area contributed by atoms with E-state index in [4.69, 9.17) is 9.47 Å². The Kier molecular flexibility index (Phi) is 7.66. The number of carbonyl (C=O) groups is 1. The molecule has 0 spiro atoms. The third-order valence-corrected chi connectivity index (χ3v) is 2.76. The number of nitrogens with one attached hydrogen (secondary N) is 1. The summed E-state index contributed by atoms with van der Waals surface area (Å²) < 4.78 is 10.2. The largest absolute Gasteiger partial charge is 0.497 e. The number of esters is 1. The van der Waals surface area contributed by atoms with Crippen molar-refractivity contribution >= 4 is 5.97 Å². The van der Waals surface area contributed by atoms with Crippen molar-refractivity contribution in [3.05, 3.63) is 29.8 Å². The maximum absolute atomic E-state index is 11.6. The Morgan fingerprint density at radius 2 is 1.95 bits per heavy atom. The summed E-state index contributed by atoms with van der Waals surface area (Å²) in [6.45, 7) is 4.27. The standard InChI is InChI=1S/C15H23NO3/c1-3-4-9-16-10-11-19-15(17)12-13-5-7-14(18-2)8-6-13/h5-8,16H,3-4,9-12H2,1-2H3. The summed E-state index contributed by atoms with van der Waals surface area (Å²) in [6, 6.07) is 7.43. The number of methoxy groups -OCH3 is 1. The molecule has 4 nitrogen and oxygen atoms in total. The summed E-state index contributed by atoms with van der Waals surface area (Å²) in [4.78, 5) is 11.6. The van der Waals surface area contributed by atoms with Crippen LogP contribution < -0.4 is 10.1 Å². The molecule has 1 aromatic rings. The minimum Gasteiger partial charge on any atom is -0.497 e. The highest BCUT2D eigenvalue weighted by Crippen LogP contribution is 2.11. The van der Waals surface area contributed by atoms with Crippen molar-refractivity contribution < 1.29 is 14.3 Å². The van der Waals surface area contributed by atoms with Crippen molar-refractivity contribution in [2.45, 2.75) is 26.2 Å². The minimum absolute atomic E-state index is 0.192. The van der Waals surface area contributed by atoms with Gasteiger partial charge >= 0.3 is 5.97 Å². The number of benzene rings is 1. The van der Waals surface area contributed by atoms with E-state index in [9.17, 15) is 4.79 Å². The second kappa shape index (κ2) is 9.39. The monoisotopic (exact) mass is 265 g/mol. The molecule has 1 aromatic carbocycles. The van der Waals surface area contributed by atoms with Crippen molar-refractivity contribution in [1.82, 2.24) is 5.32 Å². The first kappa shape index (κ1) is 15.5. The third-order valence-electron chi connectivity index (χ3n) is 2.76. The lowest BCUT2D eigenvalue weighted by Crippen LogP contribution is -2.22. The van der Waals surface area contributed by atoms with Crippen LogP contribution in [0.15, 0.2) is 24.3 Å². The number of carbonyl (C=O) groups excluding carboxylic acids is 1. The van der Waals surface area contributed by atoms with Gasteiger partial charge in [-0.15, -0.1) is 0 Å². The molecule has 0 radical (unpaired) electrons. The summed E-state index contributed by atoms with van der Waals surface area (Å²) in [7, 11) is 1.62. The molecule has 0 amide bonds. The molecule has 106 valence electrons. The second-order valence-electron chi connectivity index (χ2n) is 4.35. The zero-order chi connectivity index (χ0) is 13.9. The van der Waals surface area contributed by atoms with Gasteiger partial charge in [-0.25, -0.2) is 0 Å². The van der Waals surface area contributed by atoms with Crippen molar-refractivity contribution in [1.29, 1.82) is 0 Å². The Bertz CT molecular complexity index is 362. The highest BCUT2D eigenvalue weighted by atomic mass is 16.5. The quantitative estimate of drug-likeness (QED) is 0.549. The van der Waals surface area contributed by atoms with E-state index in [0.717, 1.165) is 24.3 Å². The fraction of sp³-hybridized carbons (Fsp3) is 0.533. The molecule has 1 N–H and O–H groups in total. The molecule has 1 rings (SSSR count). The lowest BCUT2D eigenvalue weighted by Gasteiger charge is -2.06. The Morgan fingerprint density at radius 1 is 1.21 bits per heavy atom. The zero-order valence-corrected chi connectivity index (χ0v) is 11.8. The van der Waals surface area contributed by atoms with E-state index in [1.165, 1.54) is 6.42 Å². The van der Waals surface area contributed by atoms with Crippen LogP contribution in [0.5, 0.6) is 5.75 Å². The molecule has 0 heterocycles. The predicted molar refractivity (Wildman–Crippen MR) is 75.4 cm³/mol. The van der Waals surface area contributed by atoms with Crippen LogP contribution in [0.1, 0.15) is 25.3 Å². The summed E-state index contributed by atoms with van der Waals surface area (Å²) in [5.41, 5.74) is 0.935. The van der Waals surface area contributed by atoms with Crippen molar-refractivity contribution in [2.24, 2.45) is 0 Å². The summed E-state index contributed by atoms with van der Waals surface area (Å²) in [5.74, 6) is 0.597. The molecule has 0 aliphatic rings. The first-order chi connectivity index (χ1) is 9.26. The number of hydrogen-bond acceptors (Lipinski definition) is 4. The molecule has 0 aliphatic heterocycles. The van der Waals surface area contributed by atoms with Crippen LogP contribution in [0.4, 0.5) is 0 Å². The maximum atomic E-state index is 11.6. The van der Waals surface area contributed by atoms with Gasteiger partial charge in [0, 0.05) is 6.54 Å². The molecule has 19 heavy (non-hydrogen) atoms. The van der Waals surface area contributed by atoms with Crippen molar-refractivity contribution in [3.8, 4) is 5.75 Å². The minimum atomic E-state index is -0.192. The van der Waals surface area contributed by atoms with Crippen LogP contribution >= 0.6 is 0 Å². The van der Waals surface area contributed by atoms with Gasteiger partial charge in [-0.05, 0) is 30.7 Å². The second-order valence-corrected chi connectivity index (χ2v) is 4.35. The number of ether oxygens (including phenoxy) is 2. The Labute approximate surface area is 115 Å². The van der Waals surface area contributed by atoms with Gasteiger partial charge in [0.05, 0.1) is 13.5 Å². The summed E-state index contributed by atoms with van der Waals surface area (Å²) in [5, 5.41) is 3.23. The van der Waals surface area contributed by atoms with Crippen LogP contribution in [-0.4, -0.2) is 32.8 Å². The van der Waals surface area contributed by atoms with E-state index >= 15 is 0 Å². The van der Waals surface area contributed by atoms with Crippen LogP contribution in [0.25, 0.3) is 0 Å². The first-order valence-corrected chi connectivity index (χ1v) is 6.75. The molecule has 0 fully saturated rings. The molecule has 0 atom stereocenters. The lowest BCUT2D eigenvalue weighted by atomic mass is 10.1. The highest BCUT2D eigenvalue weighted by molar-refractivity contribution is 5.72. The predicted octanol–water partition coefficient (Wildman–Crippen LogP) is 2.17. The number of rotatable bonds is 9. The van der Waals surface area contributed by atoms with Crippen LogP contribution in [-0.2, 0) is 16.0 Å². The lowest BCUT2D eigenvalue weighted by molar-refractivity contribution is -0.142. The summed E-state index contributed by atoms with van der Waals surface area (Å²) >= 11 is 0. The normalized spacial score (nSPS) is 10.2. The topological polar surface area (TPSA) is 47.6 Å². The molecule has 0 saturated heterocycles. The fourth-order valence-corrected chi connectivity index (χ4v) is 1.62. The number of unbranched alkanes of at least 4 members (excludes halogenated alkanes) is 1. The first-order valence-electron chi connectivity index (χ1n) is 6.75. The van der Waals surface area contributed by atoms with E-state index in [2.05, 4.69) is 12.2 Å². The van der Waals surface area contributed by atoms with Gasteiger partial charge in [-0.1, -0.05) is 25.5 Å². The van der Waals surface area contributed by atoms with Gasteiger partial charge in [-0.2, -0.15) is 0 Å². The molecule has 4 heteroatoms. The Hall–Kier alpha value is -1.55. The van der Waals surface area contributed by atoms with Gasteiger partial charge < -0.3 is 14.8 Å². The average Bonchev–Trinajstić information content (AvgIpc) is 2.43. The SMILES string of the molecule is CCCCNCCOC(=O)Cc1ccc(OC)cc1. The molecule has 0 bridgehead atoms. The molecular formula is C15H23NO3. The number of hydrogen-bond donors (Lipinski definition) is 1. The van der Waals surface area contributed by atoms with Crippen LogP contribution in [0.2, 0.25) is 0 Å². The van der Waals surface area contributed by atoms with Crippen LogP contribution in [0, 0.1) is 0 Å². The highest BCUT2D eigenvalue weighted by Gasteiger charge is 2.04. The van der Waals surface area contributed by atoms with E-state index in [-0.39, 0.29) is 5.97 Å². The fourth-order valence-electron chi connectivity index (χ4n) is 1.62. The third kappa shape index (κ3) is 6.82. The molecule has 0 unspecified atom stereocenters. The van der Waals surface area contributed by atoms with Gasteiger partial charge in [0.25, 0.3) is 0 Å². The maximum Gasteiger partial charge on any atom is 0.310 e. The Balaban J connectivity index is 2.16.